The molecule has 2 heteroatoms. The SMILES string of the molecule is CC(CN(C(=O)C1CC1)C(C)(C)C)C(C)c1ccccc1. The van der Waals surface area contributed by atoms with E-state index < -0.39 is 0 Å². The van der Waals surface area contributed by atoms with E-state index >= 15 is 0 Å². The molecule has 2 rings (SSSR count). The van der Waals surface area contributed by atoms with Crippen LogP contribution in [0.5, 0.6) is 0 Å². The van der Waals surface area contributed by atoms with Crippen molar-refractivity contribution in [2.24, 2.45) is 11.8 Å². The molecule has 1 aromatic rings. The van der Waals surface area contributed by atoms with Gasteiger partial charge in [0.05, 0.1) is 0 Å². The minimum atomic E-state index is -0.0929. The van der Waals surface area contributed by atoms with Gasteiger partial charge in [0.25, 0.3) is 0 Å². The Morgan fingerprint density at radius 2 is 1.76 bits per heavy atom. The van der Waals surface area contributed by atoms with Gasteiger partial charge in [-0.05, 0) is 51.0 Å². The van der Waals surface area contributed by atoms with Crippen molar-refractivity contribution in [1.29, 1.82) is 0 Å². The van der Waals surface area contributed by atoms with Crippen LogP contribution in [0.2, 0.25) is 0 Å². The zero-order valence-electron chi connectivity index (χ0n) is 14.1. The summed E-state index contributed by atoms with van der Waals surface area (Å²) in [5.41, 5.74) is 1.27. The van der Waals surface area contributed by atoms with Crippen LogP contribution in [-0.4, -0.2) is 22.9 Å². The molecule has 1 fully saturated rings. The maximum atomic E-state index is 12.6. The molecule has 1 amide bonds. The van der Waals surface area contributed by atoms with Gasteiger partial charge >= 0.3 is 0 Å². The molecule has 116 valence electrons. The normalized spacial score (nSPS) is 18.1. The monoisotopic (exact) mass is 287 g/mol. The lowest BCUT2D eigenvalue weighted by molar-refractivity contribution is -0.138. The van der Waals surface area contributed by atoms with Gasteiger partial charge in [0, 0.05) is 18.0 Å². The number of carbonyl (C=O) groups is 1. The minimum Gasteiger partial charge on any atom is -0.337 e. The van der Waals surface area contributed by atoms with Gasteiger partial charge in [0.15, 0.2) is 0 Å². The lowest BCUT2D eigenvalue weighted by Gasteiger charge is -2.39. The largest absolute Gasteiger partial charge is 0.337 e. The molecule has 0 spiro atoms. The average Bonchev–Trinajstić information content (AvgIpc) is 3.27. The second kappa shape index (κ2) is 6.21. The summed E-state index contributed by atoms with van der Waals surface area (Å²) in [4.78, 5) is 14.7. The van der Waals surface area contributed by atoms with E-state index in [-0.39, 0.29) is 5.54 Å². The third kappa shape index (κ3) is 4.09. The Labute approximate surface area is 129 Å². The number of nitrogens with zero attached hydrogens (tertiary/aromatic N) is 1. The van der Waals surface area contributed by atoms with E-state index in [1.807, 2.05) is 0 Å². The van der Waals surface area contributed by atoms with Gasteiger partial charge in [0.1, 0.15) is 0 Å². The number of rotatable bonds is 5. The summed E-state index contributed by atoms with van der Waals surface area (Å²) in [5.74, 6) is 1.57. The smallest absolute Gasteiger partial charge is 0.226 e. The molecule has 0 aromatic heterocycles. The summed E-state index contributed by atoms with van der Waals surface area (Å²) >= 11 is 0. The van der Waals surface area contributed by atoms with Crippen molar-refractivity contribution in [3.63, 3.8) is 0 Å². The number of benzene rings is 1. The lowest BCUT2D eigenvalue weighted by atomic mass is 9.87. The quantitative estimate of drug-likeness (QED) is 0.782. The van der Waals surface area contributed by atoms with E-state index in [9.17, 15) is 4.79 Å². The second-order valence-corrected chi connectivity index (χ2v) is 7.57. The molecule has 2 unspecified atom stereocenters. The summed E-state index contributed by atoms with van der Waals surface area (Å²) in [6.45, 7) is 11.8. The van der Waals surface area contributed by atoms with Crippen LogP contribution in [-0.2, 0) is 4.79 Å². The fraction of sp³-hybridized carbons (Fsp3) is 0.632. The average molecular weight is 287 g/mol. The molecule has 0 bridgehead atoms. The topological polar surface area (TPSA) is 20.3 Å². The van der Waals surface area contributed by atoms with Crippen LogP contribution in [0, 0.1) is 11.8 Å². The molecule has 1 aliphatic carbocycles. The van der Waals surface area contributed by atoms with Crippen LogP contribution in [0.25, 0.3) is 0 Å². The van der Waals surface area contributed by atoms with Gasteiger partial charge < -0.3 is 4.90 Å². The first-order valence-electron chi connectivity index (χ1n) is 8.17. The molecule has 1 saturated carbocycles. The van der Waals surface area contributed by atoms with Crippen molar-refractivity contribution in [2.75, 3.05) is 6.54 Å². The zero-order valence-corrected chi connectivity index (χ0v) is 14.1. The van der Waals surface area contributed by atoms with Crippen molar-refractivity contribution in [2.45, 2.75) is 58.9 Å². The summed E-state index contributed by atoms with van der Waals surface area (Å²) in [7, 11) is 0. The van der Waals surface area contributed by atoms with E-state index in [0.29, 0.717) is 23.7 Å². The predicted molar refractivity (Wildman–Crippen MR) is 88.2 cm³/mol. The first-order chi connectivity index (χ1) is 9.80. The molecule has 0 saturated heterocycles. The zero-order chi connectivity index (χ0) is 15.6. The number of amides is 1. The molecule has 0 aliphatic heterocycles. The van der Waals surface area contributed by atoms with Gasteiger partial charge in [-0.3, -0.25) is 4.79 Å². The Balaban J connectivity index is 2.07. The molecule has 0 N–H and O–H groups in total. The Kier molecular flexibility index (Phi) is 4.75. The van der Waals surface area contributed by atoms with E-state index in [4.69, 9.17) is 0 Å². The maximum absolute atomic E-state index is 12.6. The fourth-order valence-corrected chi connectivity index (χ4v) is 2.78. The third-order valence-electron chi connectivity index (χ3n) is 4.65. The Hall–Kier alpha value is -1.31. The van der Waals surface area contributed by atoms with Crippen LogP contribution < -0.4 is 0 Å². The predicted octanol–water partition coefficient (Wildman–Crippen LogP) is 4.46. The highest BCUT2D eigenvalue weighted by Gasteiger charge is 2.38. The summed E-state index contributed by atoms with van der Waals surface area (Å²) in [5, 5.41) is 0. The van der Waals surface area contributed by atoms with Crippen LogP contribution in [0.3, 0.4) is 0 Å². The number of hydrogen-bond donors (Lipinski definition) is 0. The van der Waals surface area contributed by atoms with Crippen molar-refractivity contribution >= 4 is 5.91 Å². The second-order valence-electron chi connectivity index (χ2n) is 7.57. The lowest BCUT2D eigenvalue weighted by Crippen LogP contribution is -2.48. The summed E-state index contributed by atoms with van der Waals surface area (Å²) in [6.07, 6.45) is 2.15. The Bertz CT molecular complexity index is 470. The summed E-state index contributed by atoms with van der Waals surface area (Å²) in [6, 6.07) is 10.6. The van der Waals surface area contributed by atoms with Crippen LogP contribution in [0.15, 0.2) is 30.3 Å². The van der Waals surface area contributed by atoms with Crippen molar-refractivity contribution in [3.8, 4) is 0 Å². The van der Waals surface area contributed by atoms with Gasteiger partial charge in [0.2, 0.25) is 5.91 Å². The van der Waals surface area contributed by atoms with E-state index in [1.54, 1.807) is 0 Å². The molecule has 1 aliphatic rings. The van der Waals surface area contributed by atoms with E-state index in [1.165, 1.54) is 5.56 Å². The minimum absolute atomic E-state index is 0.0929. The van der Waals surface area contributed by atoms with Gasteiger partial charge in [-0.25, -0.2) is 0 Å². The highest BCUT2D eigenvalue weighted by Crippen LogP contribution is 2.35. The molecule has 2 atom stereocenters. The standard InChI is InChI=1S/C19H29NO/c1-14(15(2)16-9-7-6-8-10-16)13-20(19(3,4)5)18(21)17-11-12-17/h6-10,14-15,17H,11-13H2,1-5H3. The van der Waals surface area contributed by atoms with E-state index in [0.717, 1.165) is 19.4 Å². The molecular weight excluding hydrogens is 258 g/mol. The van der Waals surface area contributed by atoms with Crippen LogP contribution in [0.4, 0.5) is 0 Å². The molecular formula is C19H29NO. The van der Waals surface area contributed by atoms with E-state index in [2.05, 4.69) is 69.9 Å². The Morgan fingerprint density at radius 1 is 1.19 bits per heavy atom. The molecule has 1 aromatic carbocycles. The van der Waals surface area contributed by atoms with Gasteiger partial charge in [-0.1, -0.05) is 44.2 Å². The molecule has 21 heavy (non-hydrogen) atoms. The summed E-state index contributed by atoms with van der Waals surface area (Å²) < 4.78 is 0. The van der Waals surface area contributed by atoms with Crippen molar-refractivity contribution < 1.29 is 4.79 Å². The van der Waals surface area contributed by atoms with Crippen molar-refractivity contribution in [3.05, 3.63) is 35.9 Å². The highest BCUT2D eigenvalue weighted by atomic mass is 16.2. The fourth-order valence-electron chi connectivity index (χ4n) is 2.78. The highest BCUT2D eigenvalue weighted by molar-refractivity contribution is 5.81. The maximum Gasteiger partial charge on any atom is 0.226 e. The first-order valence-corrected chi connectivity index (χ1v) is 8.17. The number of hydrogen-bond acceptors (Lipinski definition) is 1. The molecule has 2 nitrogen and oxygen atoms in total. The van der Waals surface area contributed by atoms with Crippen molar-refractivity contribution in [1.82, 2.24) is 4.90 Å². The third-order valence-corrected chi connectivity index (χ3v) is 4.65. The van der Waals surface area contributed by atoms with Gasteiger partial charge in [-0.2, -0.15) is 0 Å². The van der Waals surface area contributed by atoms with Crippen LogP contribution >= 0.6 is 0 Å². The first kappa shape index (κ1) is 16.1. The van der Waals surface area contributed by atoms with Crippen LogP contribution in [0.1, 0.15) is 58.9 Å². The molecule has 0 radical (unpaired) electrons. The van der Waals surface area contributed by atoms with Gasteiger partial charge in [-0.15, -0.1) is 0 Å². The Morgan fingerprint density at radius 3 is 2.24 bits per heavy atom. The molecule has 0 heterocycles. The number of carbonyl (C=O) groups excluding carboxylic acids is 1.